The molecular formula is C16H10Cl2N4. The Morgan fingerprint density at radius 3 is 2.73 bits per heavy atom. The molecule has 0 amide bonds. The molecule has 2 aromatic carbocycles. The van der Waals surface area contributed by atoms with E-state index in [1.165, 1.54) is 0 Å². The molecule has 0 saturated carbocycles. The number of fused-ring (bicyclic) bond motifs is 3. The molecule has 0 aliphatic heterocycles. The van der Waals surface area contributed by atoms with E-state index in [0.29, 0.717) is 15.9 Å². The highest BCUT2D eigenvalue weighted by Gasteiger charge is 2.10. The second-order valence-electron chi connectivity index (χ2n) is 4.85. The van der Waals surface area contributed by atoms with Gasteiger partial charge in [-0.05, 0) is 30.3 Å². The maximum atomic E-state index is 6.23. The molecule has 0 saturated heterocycles. The van der Waals surface area contributed by atoms with Crippen LogP contribution in [0, 0.1) is 0 Å². The van der Waals surface area contributed by atoms with Crippen LogP contribution in [0.15, 0.2) is 55.0 Å². The smallest absolute Gasteiger partial charge is 0.157 e. The number of aromatic nitrogens is 3. The Morgan fingerprint density at radius 1 is 1.00 bits per heavy atom. The molecule has 0 atom stereocenters. The van der Waals surface area contributed by atoms with E-state index in [1.54, 1.807) is 24.7 Å². The van der Waals surface area contributed by atoms with Crippen LogP contribution >= 0.6 is 23.2 Å². The van der Waals surface area contributed by atoms with Gasteiger partial charge in [-0.25, -0.2) is 9.97 Å². The summed E-state index contributed by atoms with van der Waals surface area (Å²) < 4.78 is 1.99. The van der Waals surface area contributed by atoms with Crippen LogP contribution in [-0.2, 0) is 0 Å². The molecule has 6 heteroatoms. The number of hydrogen-bond acceptors (Lipinski definition) is 3. The molecule has 2 aromatic heterocycles. The van der Waals surface area contributed by atoms with E-state index in [1.807, 2.05) is 34.7 Å². The van der Waals surface area contributed by atoms with Gasteiger partial charge in [0.2, 0.25) is 0 Å². The van der Waals surface area contributed by atoms with Gasteiger partial charge in [-0.1, -0.05) is 35.3 Å². The summed E-state index contributed by atoms with van der Waals surface area (Å²) in [6.45, 7) is 0. The van der Waals surface area contributed by atoms with Crippen molar-refractivity contribution < 1.29 is 0 Å². The van der Waals surface area contributed by atoms with Crippen LogP contribution in [0.2, 0.25) is 10.0 Å². The first-order valence-electron chi connectivity index (χ1n) is 6.65. The molecule has 0 unspecified atom stereocenters. The van der Waals surface area contributed by atoms with Gasteiger partial charge < -0.3 is 5.32 Å². The predicted octanol–water partition coefficient (Wildman–Crippen LogP) is 4.93. The molecule has 0 radical (unpaired) electrons. The minimum atomic E-state index is 0.542. The van der Waals surface area contributed by atoms with Crippen molar-refractivity contribution in [2.45, 2.75) is 0 Å². The summed E-state index contributed by atoms with van der Waals surface area (Å²) >= 11 is 12.2. The zero-order valence-corrected chi connectivity index (χ0v) is 12.8. The number of halogens is 2. The number of anilines is 2. The third-order valence-electron chi connectivity index (χ3n) is 3.44. The van der Waals surface area contributed by atoms with Gasteiger partial charge in [0.25, 0.3) is 0 Å². The molecule has 0 spiro atoms. The molecule has 4 nitrogen and oxygen atoms in total. The molecule has 2 heterocycles. The lowest BCUT2D eigenvalue weighted by Gasteiger charge is -2.11. The molecule has 108 valence electrons. The van der Waals surface area contributed by atoms with E-state index in [4.69, 9.17) is 23.2 Å². The second kappa shape index (κ2) is 5.16. The first-order valence-corrected chi connectivity index (χ1v) is 7.41. The van der Waals surface area contributed by atoms with E-state index < -0.39 is 0 Å². The van der Waals surface area contributed by atoms with Crippen molar-refractivity contribution in [1.82, 2.24) is 14.4 Å². The van der Waals surface area contributed by atoms with E-state index >= 15 is 0 Å². The molecule has 0 aliphatic rings. The second-order valence-corrected chi connectivity index (χ2v) is 5.69. The number of nitrogens with one attached hydrogen (secondary N) is 1. The first kappa shape index (κ1) is 13.4. The van der Waals surface area contributed by atoms with Crippen molar-refractivity contribution in [3.05, 3.63) is 65.0 Å². The lowest BCUT2D eigenvalue weighted by molar-refractivity contribution is 1.19. The summed E-state index contributed by atoms with van der Waals surface area (Å²) in [4.78, 5) is 8.89. The van der Waals surface area contributed by atoms with Crippen molar-refractivity contribution in [3.8, 4) is 0 Å². The summed E-state index contributed by atoms with van der Waals surface area (Å²) in [6.07, 6.45) is 3.54. The Morgan fingerprint density at radius 2 is 1.86 bits per heavy atom. The van der Waals surface area contributed by atoms with E-state index in [2.05, 4.69) is 15.3 Å². The molecule has 0 aliphatic carbocycles. The third kappa shape index (κ3) is 2.17. The first-order chi connectivity index (χ1) is 10.7. The summed E-state index contributed by atoms with van der Waals surface area (Å²) in [6, 6.07) is 13.2. The molecule has 22 heavy (non-hydrogen) atoms. The van der Waals surface area contributed by atoms with Gasteiger partial charge in [-0.15, -0.1) is 0 Å². The van der Waals surface area contributed by atoms with Gasteiger partial charge in [0, 0.05) is 5.02 Å². The van der Waals surface area contributed by atoms with E-state index in [0.717, 1.165) is 22.2 Å². The standard InChI is InChI=1S/C16H10Cl2N4/c17-10-5-6-12(11(18)7-10)20-16-15-8-19-9-22(15)14-4-2-1-3-13(14)21-16/h1-9H,(H,20,21). The average Bonchev–Trinajstić information content (AvgIpc) is 3.00. The van der Waals surface area contributed by atoms with Gasteiger partial charge in [-0.3, -0.25) is 4.40 Å². The van der Waals surface area contributed by atoms with Gasteiger partial charge in [-0.2, -0.15) is 0 Å². The van der Waals surface area contributed by atoms with Crippen LogP contribution in [-0.4, -0.2) is 14.4 Å². The largest absolute Gasteiger partial charge is 0.337 e. The quantitative estimate of drug-likeness (QED) is 0.567. The monoisotopic (exact) mass is 328 g/mol. The van der Waals surface area contributed by atoms with Crippen LogP contribution in [0.4, 0.5) is 11.5 Å². The van der Waals surface area contributed by atoms with Crippen LogP contribution in [0.3, 0.4) is 0 Å². The van der Waals surface area contributed by atoms with E-state index in [-0.39, 0.29) is 0 Å². The summed E-state index contributed by atoms with van der Waals surface area (Å²) in [5, 5.41) is 4.39. The minimum Gasteiger partial charge on any atom is -0.337 e. The molecule has 0 bridgehead atoms. The molecule has 0 fully saturated rings. The lowest BCUT2D eigenvalue weighted by Crippen LogP contribution is -1.99. The fraction of sp³-hybridized carbons (Fsp3) is 0. The maximum Gasteiger partial charge on any atom is 0.157 e. The average molecular weight is 329 g/mol. The van der Waals surface area contributed by atoms with Crippen molar-refractivity contribution in [1.29, 1.82) is 0 Å². The van der Waals surface area contributed by atoms with E-state index in [9.17, 15) is 0 Å². The van der Waals surface area contributed by atoms with Crippen LogP contribution in [0.1, 0.15) is 0 Å². The van der Waals surface area contributed by atoms with Crippen LogP contribution < -0.4 is 5.32 Å². The molecular weight excluding hydrogens is 319 g/mol. The molecule has 4 rings (SSSR count). The van der Waals surface area contributed by atoms with Crippen LogP contribution in [0.5, 0.6) is 0 Å². The van der Waals surface area contributed by atoms with Gasteiger partial charge in [0.15, 0.2) is 5.82 Å². The fourth-order valence-electron chi connectivity index (χ4n) is 2.41. The number of imidazole rings is 1. The van der Waals surface area contributed by atoms with Crippen molar-refractivity contribution >= 4 is 51.3 Å². The lowest BCUT2D eigenvalue weighted by atomic mass is 10.3. The van der Waals surface area contributed by atoms with Gasteiger partial charge in [0.05, 0.1) is 34.3 Å². The van der Waals surface area contributed by atoms with Crippen molar-refractivity contribution in [3.63, 3.8) is 0 Å². The SMILES string of the molecule is Clc1ccc(Nc2nc3ccccc3n3cncc23)c(Cl)c1. The highest BCUT2D eigenvalue weighted by atomic mass is 35.5. The minimum absolute atomic E-state index is 0.542. The van der Waals surface area contributed by atoms with Crippen molar-refractivity contribution in [2.75, 3.05) is 5.32 Å². The Balaban J connectivity index is 1.91. The Hall–Kier alpha value is -2.30. The molecule has 4 aromatic rings. The fourth-order valence-corrected chi connectivity index (χ4v) is 2.87. The highest BCUT2D eigenvalue weighted by Crippen LogP contribution is 2.30. The topological polar surface area (TPSA) is 42.2 Å². The maximum absolute atomic E-state index is 6.23. The van der Waals surface area contributed by atoms with Crippen molar-refractivity contribution in [2.24, 2.45) is 0 Å². The third-order valence-corrected chi connectivity index (χ3v) is 3.99. The number of nitrogens with zero attached hydrogens (tertiary/aromatic N) is 3. The number of para-hydroxylation sites is 2. The Labute approximate surface area is 136 Å². The Bertz CT molecular complexity index is 994. The summed E-state index contributed by atoms with van der Waals surface area (Å²) in [7, 11) is 0. The number of hydrogen-bond donors (Lipinski definition) is 1. The van der Waals surface area contributed by atoms with Gasteiger partial charge >= 0.3 is 0 Å². The zero-order chi connectivity index (χ0) is 15.1. The number of benzene rings is 2. The highest BCUT2D eigenvalue weighted by molar-refractivity contribution is 6.36. The number of rotatable bonds is 2. The predicted molar refractivity (Wildman–Crippen MR) is 90.2 cm³/mol. The van der Waals surface area contributed by atoms with Crippen LogP contribution in [0.25, 0.3) is 16.6 Å². The summed E-state index contributed by atoms with van der Waals surface area (Å²) in [5.41, 5.74) is 3.50. The Kier molecular flexibility index (Phi) is 3.13. The van der Waals surface area contributed by atoms with Gasteiger partial charge in [0.1, 0.15) is 5.52 Å². The normalized spacial score (nSPS) is 11.2. The molecule has 1 N–H and O–H groups in total. The summed E-state index contributed by atoms with van der Waals surface area (Å²) in [5.74, 6) is 0.695. The zero-order valence-electron chi connectivity index (χ0n) is 11.3.